The number of hydrogen-bond acceptors (Lipinski definition) is 6. The lowest BCUT2D eigenvalue weighted by Gasteiger charge is -2.13. The van der Waals surface area contributed by atoms with E-state index in [-0.39, 0.29) is 18.4 Å². The van der Waals surface area contributed by atoms with Crippen LogP contribution in [0.1, 0.15) is 5.76 Å². The molecule has 2 rings (SSSR count). The van der Waals surface area contributed by atoms with Crippen molar-refractivity contribution in [3.05, 3.63) is 29.0 Å². The number of nitrogens with one attached hydrogen (secondary N) is 1. The van der Waals surface area contributed by atoms with Gasteiger partial charge in [-0.25, -0.2) is 0 Å². The van der Waals surface area contributed by atoms with E-state index < -0.39 is 0 Å². The predicted molar refractivity (Wildman–Crippen MR) is 79.9 cm³/mol. The number of carbonyl (C=O) groups excluding carboxylic acids is 1. The Morgan fingerprint density at radius 2 is 2.00 bits per heavy atom. The van der Waals surface area contributed by atoms with E-state index in [0.717, 1.165) is 0 Å². The molecule has 0 saturated heterocycles. The number of rotatable bonds is 6. The standard InChI is InChI=1S/C14H15ClN2O5/c1-8-4-14(17-22-8)21-7-13(18)16-10-6-11(19-2)9(15)5-12(10)20-3/h4-6H,7H2,1-3H3,(H,16,18). The van der Waals surface area contributed by atoms with Gasteiger partial charge in [0, 0.05) is 18.2 Å². The van der Waals surface area contributed by atoms with Crippen molar-refractivity contribution in [2.75, 3.05) is 26.1 Å². The maximum absolute atomic E-state index is 11.9. The van der Waals surface area contributed by atoms with Crippen LogP contribution in [0.15, 0.2) is 22.7 Å². The van der Waals surface area contributed by atoms with Gasteiger partial charge in [-0.05, 0) is 12.1 Å². The van der Waals surface area contributed by atoms with Crippen LogP contribution in [0.3, 0.4) is 0 Å². The molecule has 118 valence electrons. The minimum Gasteiger partial charge on any atom is -0.495 e. The highest BCUT2D eigenvalue weighted by atomic mass is 35.5. The van der Waals surface area contributed by atoms with E-state index in [1.165, 1.54) is 14.2 Å². The third-order valence-corrected chi connectivity index (χ3v) is 3.00. The topological polar surface area (TPSA) is 82.8 Å². The van der Waals surface area contributed by atoms with E-state index >= 15 is 0 Å². The number of carbonyl (C=O) groups is 1. The Kier molecular flexibility index (Phi) is 5.11. The van der Waals surface area contributed by atoms with Crippen LogP contribution >= 0.6 is 11.6 Å². The fourth-order valence-electron chi connectivity index (χ4n) is 1.70. The molecule has 0 aliphatic rings. The Labute approximate surface area is 132 Å². The second-order valence-corrected chi connectivity index (χ2v) is 4.71. The van der Waals surface area contributed by atoms with Crippen LogP contribution in [0.2, 0.25) is 5.02 Å². The normalized spacial score (nSPS) is 10.2. The average molecular weight is 327 g/mol. The second kappa shape index (κ2) is 7.04. The summed E-state index contributed by atoms with van der Waals surface area (Å²) < 4.78 is 20.3. The zero-order chi connectivity index (χ0) is 16.1. The SMILES string of the molecule is COc1cc(NC(=O)COc2cc(C)on2)c(OC)cc1Cl. The van der Waals surface area contributed by atoms with Gasteiger partial charge in [0.25, 0.3) is 11.8 Å². The zero-order valence-electron chi connectivity index (χ0n) is 12.3. The van der Waals surface area contributed by atoms with Gasteiger partial charge in [-0.1, -0.05) is 11.6 Å². The summed E-state index contributed by atoms with van der Waals surface area (Å²) in [4.78, 5) is 11.9. The van der Waals surface area contributed by atoms with Crippen molar-refractivity contribution in [1.82, 2.24) is 5.16 Å². The van der Waals surface area contributed by atoms with Gasteiger partial charge in [0.2, 0.25) is 0 Å². The summed E-state index contributed by atoms with van der Waals surface area (Å²) in [6.45, 7) is 1.50. The quantitative estimate of drug-likeness (QED) is 0.878. The highest BCUT2D eigenvalue weighted by molar-refractivity contribution is 6.32. The molecule has 0 aliphatic carbocycles. The molecular formula is C14H15ClN2O5. The first-order valence-corrected chi connectivity index (χ1v) is 6.68. The molecule has 1 heterocycles. The van der Waals surface area contributed by atoms with Gasteiger partial charge in [0.15, 0.2) is 6.61 Å². The number of aromatic nitrogens is 1. The number of ether oxygens (including phenoxy) is 3. The van der Waals surface area contributed by atoms with Crippen molar-refractivity contribution >= 4 is 23.2 Å². The highest BCUT2D eigenvalue weighted by Gasteiger charge is 2.13. The number of amides is 1. The van der Waals surface area contributed by atoms with Crippen LogP contribution in [0.5, 0.6) is 17.4 Å². The van der Waals surface area contributed by atoms with E-state index in [0.29, 0.717) is 28.0 Å². The Balaban J connectivity index is 2.04. The first kappa shape index (κ1) is 16.0. The van der Waals surface area contributed by atoms with Gasteiger partial charge in [0.05, 0.1) is 24.9 Å². The monoisotopic (exact) mass is 326 g/mol. The Hall–Kier alpha value is -2.41. The number of halogens is 1. The molecule has 0 atom stereocenters. The summed E-state index contributed by atoms with van der Waals surface area (Å²) in [5.74, 6) is 1.29. The molecule has 1 aromatic heterocycles. The van der Waals surface area contributed by atoms with Gasteiger partial charge in [-0.15, -0.1) is 0 Å². The predicted octanol–water partition coefficient (Wildman–Crippen LogP) is 2.67. The highest BCUT2D eigenvalue weighted by Crippen LogP contribution is 2.35. The molecule has 0 saturated carbocycles. The maximum atomic E-state index is 11.9. The van der Waals surface area contributed by atoms with Crippen molar-refractivity contribution in [3.63, 3.8) is 0 Å². The van der Waals surface area contributed by atoms with E-state index in [9.17, 15) is 4.79 Å². The Bertz CT molecular complexity index is 671. The lowest BCUT2D eigenvalue weighted by atomic mass is 10.2. The maximum Gasteiger partial charge on any atom is 0.262 e. The number of benzene rings is 1. The minimum absolute atomic E-state index is 0.222. The lowest BCUT2D eigenvalue weighted by Crippen LogP contribution is -2.20. The summed E-state index contributed by atoms with van der Waals surface area (Å²) >= 11 is 6.00. The van der Waals surface area contributed by atoms with E-state index in [4.69, 9.17) is 30.3 Å². The minimum atomic E-state index is -0.386. The number of methoxy groups -OCH3 is 2. The molecule has 22 heavy (non-hydrogen) atoms. The lowest BCUT2D eigenvalue weighted by molar-refractivity contribution is -0.118. The largest absolute Gasteiger partial charge is 0.495 e. The van der Waals surface area contributed by atoms with Gasteiger partial charge >= 0.3 is 0 Å². The van der Waals surface area contributed by atoms with Crippen LogP contribution in [-0.4, -0.2) is 31.9 Å². The van der Waals surface area contributed by atoms with E-state index in [1.54, 1.807) is 25.1 Å². The number of nitrogens with zero attached hydrogens (tertiary/aromatic N) is 1. The van der Waals surface area contributed by atoms with Crippen LogP contribution in [0.4, 0.5) is 5.69 Å². The average Bonchev–Trinajstić information content (AvgIpc) is 2.92. The van der Waals surface area contributed by atoms with Crippen molar-refractivity contribution in [3.8, 4) is 17.4 Å². The molecule has 1 amide bonds. The van der Waals surface area contributed by atoms with Gasteiger partial charge < -0.3 is 24.1 Å². The summed E-state index contributed by atoms with van der Waals surface area (Å²) in [6.07, 6.45) is 0. The molecule has 2 aromatic rings. The number of aryl methyl sites for hydroxylation is 1. The van der Waals surface area contributed by atoms with Gasteiger partial charge in [-0.3, -0.25) is 4.79 Å². The molecule has 8 heteroatoms. The van der Waals surface area contributed by atoms with Crippen molar-refractivity contribution < 1.29 is 23.5 Å². The molecule has 0 fully saturated rings. The molecule has 0 spiro atoms. The molecule has 0 radical (unpaired) electrons. The van der Waals surface area contributed by atoms with Crippen molar-refractivity contribution in [1.29, 1.82) is 0 Å². The van der Waals surface area contributed by atoms with Gasteiger partial charge in [0.1, 0.15) is 17.3 Å². The summed E-state index contributed by atoms with van der Waals surface area (Å²) in [5.41, 5.74) is 0.425. The summed E-state index contributed by atoms with van der Waals surface area (Å²) in [7, 11) is 2.96. The van der Waals surface area contributed by atoms with Crippen LogP contribution in [0.25, 0.3) is 0 Å². The second-order valence-electron chi connectivity index (χ2n) is 4.30. The fraction of sp³-hybridized carbons (Fsp3) is 0.286. The molecule has 0 bridgehead atoms. The molecule has 1 aromatic carbocycles. The zero-order valence-corrected chi connectivity index (χ0v) is 13.1. The Morgan fingerprint density at radius 1 is 1.27 bits per heavy atom. The molecule has 0 aliphatic heterocycles. The van der Waals surface area contributed by atoms with E-state index in [1.807, 2.05) is 0 Å². The third-order valence-electron chi connectivity index (χ3n) is 2.71. The third kappa shape index (κ3) is 3.82. The molecule has 1 N–H and O–H groups in total. The van der Waals surface area contributed by atoms with Crippen molar-refractivity contribution in [2.45, 2.75) is 6.92 Å². The van der Waals surface area contributed by atoms with Crippen molar-refractivity contribution in [2.24, 2.45) is 0 Å². The number of hydrogen-bond donors (Lipinski definition) is 1. The van der Waals surface area contributed by atoms with Gasteiger partial charge in [-0.2, -0.15) is 0 Å². The van der Waals surface area contributed by atoms with E-state index in [2.05, 4.69) is 10.5 Å². The first-order chi connectivity index (χ1) is 10.5. The molecule has 0 unspecified atom stereocenters. The van der Waals surface area contributed by atoms with Crippen LogP contribution in [-0.2, 0) is 4.79 Å². The Morgan fingerprint density at radius 3 is 2.59 bits per heavy atom. The summed E-state index contributed by atoms with van der Waals surface area (Å²) in [5, 5.41) is 6.66. The summed E-state index contributed by atoms with van der Waals surface area (Å²) in [6, 6.07) is 4.70. The fourth-order valence-corrected chi connectivity index (χ4v) is 1.93. The first-order valence-electron chi connectivity index (χ1n) is 6.31. The molecular weight excluding hydrogens is 312 g/mol. The number of anilines is 1. The smallest absolute Gasteiger partial charge is 0.262 e. The molecule has 7 nitrogen and oxygen atoms in total. The van der Waals surface area contributed by atoms with Crippen LogP contribution in [0, 0.1) is 6.92 Å². The van der Waals surface area contributed by atoms with Crippen LogP contribution < -0.4 is 19.5 Å².